The number of aliphatic hydroxyl groups is 1. The van der Waals surface area contributed by atoms with Crippen molar-refractivity contribution in [3.8, 4) is 5.75 Å². The highest BCUT2D eigenvalue weighted by Crippen LogP contribution is 2.24. The average molecular weight is 265 g/mol. The molecule has 0 bridgehead atoms. The number of rotatable bonds is 6. The number of hydrogen-bond donors (Lipinski definition) is 2. The highest BCUT2D eigenvalue weighted by molar-refractivity contribution is 5.40. The molecule has 108 valence electrons. The number of hydrogen-bond acceptors (Lipinski definition) is 3. The maximum Gasteiger partial charge on any atom is 0.126 e. The van der Waals surface area contributed by atoms with Crippen LogP contribution < -0.4 is 10.1 Å². The van der Waals surface area contributed by atoms with Gasteiger partial charge in [-0.2, -0.15) is 0 Å². The summed E-state index contributed by atoms with van der Waals surface area (Å²) < 4.78 is 5.89. The fourth-order valence-corrected chi connectivity index (χ4v) is 1.70. The molecule has 0 saturated heterocycles. The minimum Gasteiger partial charge on any atom is -0.493 e. The second kappa shape index (κ2) is 6.92. The van der Waals surface area contributed by atoms with E-state index in [1.165, 1.54) is 5.56 Å². The van der Waals surface area contributed by atoms with Crippen LogP contribution in [0.3, 0.4) is 0 Å². The lowest BCUT2D eigenvalue weighted by Crippen LogP contribution is -2.35. The third-order valence-corrected chi connectivity index (χ3v) is 2.93. The molecule has 0 aliphatic carbocycles. The molecule has 3 nitrogen and oxygen atoms in total. The van der Waals surface area contributed by atoms with E-state index in [2.05, 4.69) is 51.2 Å². The van der Waals surface area contributed by atoms with Crippen molar-refractivity contribution in [1.82, 2.24) is 5.32 Å². The van der Waals surface area contributed by atoms with Crippen LogP contribution in [0.5, 0.6) is 5.75 Å². The lowest BCUT2D eigenvalue weighted by molar-refractivity contribution is 0.173. The minimum atomic E-state index is 0.0827. The SMILES string of the molecule is Cc1cccc(CNC(C)(C)C)c1OCC(C)CO. The molecule has 0 aliphatic heterocycles. The molecule has 1 atom stereocenters. The zero-order valence-electron chi connectivity index (χ0n) is 12.8. The predicted molar refractivity (Wildman–Crippen MR) is 79.5 cm³/mol. The summed E-state index contributed by atoms with van der Waals surface area (Å²) in [6.07, 6.45) is 0. The van der Waals surface area contributed by atoms with Gasteiger partial charge < -0.3 is 15.2 Å². The topological polar surface area (TPSA) is 41.5 Å². The molecule has 0 radical (unpaired) electrons. The molecule has 0 aromatic heterocycles. The zero-order chi connectivity index (χ0) is 14.5. The van der Waals surface area contributed by atoms with Gasteiger partial charge in [-0.25, -0.2) is 0 Å². The summed E-state index contributed by atoms with van der Waals surface area (Å²) in [5, 5.41) is 12.5. The van der Waals surface area contributed by atoms with Gasteiger partial charge in [-0.3, -0.25) is 0 Å². The van der Waals surface area contributed by atoms with Crippen LogP contribution in [-0.2, 0) is 6.54 Å². The monoisotopic (exact) mass is 265 g/mol. The molecular weight excluding hydrogens is 238 g/mol. The summed E-state index contributed by atoms with van der Waals surface area (Å²) in [5.74, 6) is 1.10. The van der Waals surface area contributed by atoms with Gasteiger partial charge in [-0.15, -0.1) is 0 Å². The van der Waals surface area contributed by atoms with Gasteiger partial charge in [-0.05, 0) is 33.3 Å². The maximum atomic E-state index is 9.07. The van der Waals surface area contributed by atoms with E-state index in [9.17, 15) is 0 Å². The molecule has 0 spiro atoms. The van der Waals surface area contributed by atoms with Crippen molar-refractivity contribution < 1.29 is 9.84 Å². The molecule has 1 rings (SSSR count). The highest BCUT2D eigenvalue weighted by Gasteiger charge is 2.13. The van der Waals surface area contributed by atoms with Gasteiger partial charge in [0.15, 0.2) is 0 Å². The number of ether oxygens (including phenoxy) is 1. The van der Waals surface area contributed by atoms with Crippen LogP contribution >= 0.6 is 0 Å². The van der Waals surface area contributed by atoms with Gasteiger partial charge >= 0.3 is 0 Å². The quantitative estimate of drug-likeness (QED) is 0.831. The minimum absolute atomic E-state index is 0.0827. The Morgan fingerprint density at radius 1 is 1.32 bits per heavy atom. The second-order valence-corrected chi connectivity index (χ2v) is 6.27. The number of aliphatic hydroxyl groups excluding tert-OH is 1. The van der Waals surface area contributed by atoms with Crippen LogP contribution in [0.2, 0.25) is 0 Å². The van der Waals surface area contributed by atoms with Crippen LogP contribution in [0.4, 0.5) is 0 Å². The highest BCUT2D eigenvalue weighted by atomic mass is 16.5. The smallest absolute Gasteiger partial charge is 0.126 e. The lowest BCUT2D eigenvalue weighted by Gasteiger charge is -2.22. The number of para-hydroxylation sites is 1. The third-order valence-electron chi connectivity index (χ3n) is 2.93. The fraction of sp³-hybridized carbons (Fsp3) is 0.625. The molecule has 1 aromatic rings. The van der Waals surface area contributed by atoms with Crippen LogP contribution in [0.25, 0.3) is 0 Å². The molecule has 0 heterocycles. The molecule has 2 N–H and O–H groups in total. The van der Waals surface area contributed by atoms with Gasteiger partial charge in [0, 0.05) is 30.2 Å². The van der Waals surface area contributed by atoms with Crippen LogP contribution in [0.15, 0.2) is 18.2 Å². The van der Waals surface area contributed by atoms with Crippen molar-refractivity contribution in [1.29, 1.82) is 0 Å². The second-order valence-electron chi connectivity index (χ2n) is 6.27. The van der Waals surface area contributed by atoms with E-state index in [0.29, 0.717) is 6.61 Å². The van der Waals surface area contributed by atoms with Crippen molar-refractivity contribution in [2.24, 2.45) is 5.92 Å². The molecule has 1 aromatic carbocycles. The Balaban J connectivity index is 2.77. The molecule has 0 fully saturated rings. The van der Waals surface area contributed by atoms with Crippen molar-refractivity contribution >= 4 is 0 Å². The van der Waals surface area contributed by atoms with E-state index in [-0.39, 0.29) is 18.1 Å². The van der Waals surface area contributed by atoms with Crippen molar-refractivity contribution in [3.63, 3.8) is 0 Å². The normalized spacial score (nSPS) is 13.4. The summed E-state index contributed by atoms with van der Waals surface area (Å²) >= 11 is 0. The fourth-order valence-electron chi connectivity index (χ4n) is 1.70. The van der Waals surface area contributed by atoms with E-state index >= 15 is 0 Å². The van der Waals surface area contributed by atoms with Crippen LogP contribution in [0, 0.1) is 12.8 Å². The Bertz CT molecular complexity index is 396. The standard InChI is InChI=1S/C16H27NO2/c1-12(10-18)11-19-15-13(2)7-6-8-14(15)9-17-16(3,4)5/h6-8,12,17-18H,9-11H2,1-5H3. The van der Waals surface area contributed by atoms with E-state index in [1.807, 2.05) is 6.92 Å². The van der Waals surface area contributed by atoms with E-state index < -0.39 is 0 Å². The molecule has 0 amide bonds. The molecule has 19 heavy (non-hydrogen) atoms. The first-order valence-corrected chi connectivity index (χ1v) is 6.90. The van der Waals surface area contributed by atoms with Crippen molar-refractivity contribution in [3.05, 3.63) is 29.3 Å². The first kappa shape index (κ1) is 16.0. The number of benzene rings is 1. The first-order chi connectivity index (χ1) is 8.83. The van der Waals surface area contributed by atoms with E-state index in [4.69, 9.17) is 9.84 Å². The summed E-state index contributed by atoms with van der Waals surface area (Å²) in [7, 11) is 0. The lowest BCUT2D eigenvalue weighted by atomic mass is 10.1. The molecule has 1 unspecified atom stereocenters. The Hall–Kier alpha value is -1.06. The Morgan fingerprint density at radius 3 is 2.58 bits per heavy atom. The van der Waals surface area contributed by atoms with E-state index in [0.717, 1.165) is 17.9 Å². The Labute approximate surface area is 117 Å². The maximum absolute atomic E-state index is 9.07. The summed E-state index contributed by atoms with van der Waals surface area (Å²) in [6.45, 7) is 12.0. The Morgan fingerprint density at radius 2 is 2.00 bits per heavy atom. The third kappa shape index (κ3) is 5.62. The number of nitrogens with one attached hydrogen (secondary N) is 1. The number of aryl methyl sites for hydroxylation is 1. The Kier molecular flexibility index (Phi) is 5.83. The van der Waals surface area contributed by atoms with Gasteiger partial charge in [0.2, 0.25) is 0 Å². The van der Waals surface area contributed by atoms with Gasteiger partial charge in [0.05, 0.1) is 6.61 Å². The van der Waals surface area contributed by atoms with Gasteiger partial charge in [0.1, 0.15) is 5.75 Å². The van der Waals surface area contributed by atoms with Crippen LogP contribution in [0.1, 0.15) is 38.8 Å². The molecule has 3 heteroatoms. The molecular formula is C16H27NO2. The summed E-state index contributed by atoms with van der Waals surface area (Å²) in [6, 6.07) is 6.20. The van der Waals surface area contributed by atoms with Crippen LogP contribution in [-0.4, -0.2) is 23.9 Å². The summed E-state index contributed by atoms with van der Waals surface area (Å²) in [4.78, 5) is 0. The predicted octanol–water partition coefficient (Wildman–Crippen LogP) is 2.89. The summed E-state index contributed by atoms with van der Waals surface area (Å²) in [5.41, 5.74) is 2.39. The first-order valence-electron chi connectivity index (χ1n) is 6.90. The van der Waals surface area contributed by atoms with E-state index in [1.54, 1.807) is 0 Å². The molecule has 0 saturated carbocycles. The average Bonchev–Trinajstić information content (AvgIpc) is 2.33. The molecule has 0 aliphatic rings. The zero-order valence-corrected chi connectivity index (χ0v) is 12.8. The van der Waals surface area contributed by atoms with Crippen molar-refractivity contribution in [2.75, 3.05) is 13.2 Å². The largest absolute Gasteiger partial charge is 0.493 e. The van der Waals surface area contributed by atoms with Gasteiger partial charge in [-0.1, -0.05) is 25.1 Å². The van der Waals surface area contributed by atoms with Crippen molar-refractivity contribution in [2.45, 2.75) is 46.7 Å². The van der Waals surface area contributed by atoms with Gasteiger partial charge in [0.25, 0.3) is 0 Å².